The van der Waals surface area contributed by atoms with Crippen LogP contribution in [0.3, 0.4) is 0 Å². The Morgan fingerprint density at radius 2 is 1.95 bits per heavy atom. The molecular weight excluding hydrogens is 270 g/mol. The van der Waals surface area contributed by atoms with E-state index in [4.69, 9.17) is 0 Å². The Bertz CT molecular complexity index is 635. The van der Waals surface area contributed by atoms with Gasteiger partial charge >= 0.3 is 0 Å². The number of hydrogen-bond donors (Lipinski definition) is 2. The largest absolute Gasteiger partial charge is 0.504 e. The van der Waals surface area contributed by atoms with Gasteiger partial charge in [0.15, 0.2) is 11.5 Å². The minimum Gasteiger partial charge on any atom is -0.504 e. The zero-order valence-corrected chi connectivity index (χ0v) is 12.6. The number of nitrogens with zero attached hydrogens (tertiary/aromatic N) is 1. The molecule has 106 valence electrons. The summed E-state index contributed by atoms with van der Waals surface area (Å²) in [7, 11) is 2.12. The van der Waals surface area contributed by atoms with Crippen LogP contribution in [0.25, 0.3) is 0 Å². The second-order valence-electron chi connectivity index (χ2n) is 5.55. The molecule has 1 atom stereocenters. The standard InChI is InChI=1S/C16H19NO2S/c1-10-3-4-16(20-10)13-9-17(2)6-5-11-7-14(18)15(19)8-12(11)13/h3-4,7-8,13,18-19H,5-6,9H2,1-2H3. The molecule has 0 bridgehead atoms. The van der Waals surface area contributed by atoms with Crippen LogP contribution in [-0.2, 0) is 6.42 Å². The zero-order chi connectivity index (χ0) is 14.3. The van der Waals surface area contributed by atoms with E-state index >= 15 is 0 Å². The molecule has 1 unspecified atom stereocenters. The van der Waals surface area contributed by atoms with Gasteiger partial charge in [-0.3, -0.25) is 0 Å². The minimum absolute atomic E-state index is 0.0191. The average molecular weight is 289 g/mol. The first kappa shape index (κ1) is 13.5. The Kier molecular flexibility index (Phi) is 3.44. The molecular formula is C16H19NO2S. The van der Waals surface area contributed by atoms with Crippen molar-refractivity contribution in [1.29, 1.82) is 0 Å². The molecule has 0 saturated heterocycles. The predicted molar refractivity (Wildman–Crippen MR) is 81.9 cm³/mol. The Balaban J connectivity index is 2.11. The van der Waals surface area contributed by atoms with Crippen LogP contribution in [0, 0.1) is 6.92 Å². The average Bonchev–Trinajstić information content (AvgIpc) is 2.77. The number of fused-ring (bicyclic) bond motifs is 1. The smallest absolute Gasteiger partial charge is 0.157 e. The summed E-state index contributed by atoms with van der Waals surface area (Å²) in [6.07, 6.45) is 0.903. The molecule has 2 heterocycles. The summed E-state index contributed by atoms with van der Waals surface area (Å²) in [5, 5.41) is 19.6. The molecule has 1 aliphatic heterocycles. The van der Waals surface area contributed by atoms with Gasteiger partial charge in [-0.15, -0.1) is 11.3 Å². The fraction of sp³-hybridized carbons (Fsp3) is 0.375. The third-order valence-electron chi connectivity index (χ3n) is 3.97. The highest BCUT2D eigenvalue weighted by molar-refractivity contribution is 7.12. The highest BCUT2D eigenvalue weighted by Crippen LogP contribution is 2.39. The number of hydrogen-bond acceptors (Lipinski definition) is 4. The van der Waals surface area contributed by atoms with E-state index in [-0.39, 0.29) is 17.4 Å². The number of phenolic OH excluding ortho intramolecular Hbond substituents is 2. The molecule has 2 aromatic rings. The van der Waals surface area contributed by atoms with Crippen LogP contribution < -0.4 is 0 Å². The molecule has 20 heavy (non-hydrogen) atoms. The van der Waals surface area contributed by atoms with Crippen molar-refractivity contribution in [2.45, 2.75) is 19.3 Å². The summed E-state index contributed by atoms with van der Waals surface area (Å²) in [5.74, 6) is 0.226. The van der Waals surface area contributed by atoms with Crippen molar-refractivity contribution in [3.8, 4) is 11.5 Å². The molecule has 1 aliphatic rings. The minimum atomic E-state index is -0.0217. The van der Waals surface area contributed by atoms with Gasteiger partial charge in [0, 0.05) is 28.8 Å². The van der Waals surface area contributed by atoms with Crippen LogP contribution in [0.1, 0.15) is 26.8 Å². The Morgan fingerprint density at radius 3 is 2.65 bits per heavy atom. The summed E-state index contributed by atoms with van der Waals surface area (Å²) in [4.78, 5) is 4.94. The van der Waals surface area contributed by atoms with E-state index in [1.54, 1.807) is 12.1 Å². The summed E-state index contributed by atoms with van der Waals surface area (Å²) in [6, 6.07) is 7.78. The number of likely N-dealkylation sites (N-methyl/N-ethyl adjacent to an activating group) is 1. The lowest BCUT2D eigenvalue weighted by atomic mass is 9.92. The molecule has 0 spiro atoms. The molecule has 3 rings (SSSR count). The van der Waals surface area contributed by atoms with E-state index in [9.17, 15) is 10.2 Å². The van der Waals surface area contributed by atoms with Gasteiger partial charge < -0.3 is 15.1 Å². The van der Waals surface area contributed by atoms with Gasteiger partial charge in [-0.1, -0.05) is 0 Å². The fourth-order valence-corrected chi connectivity index (χ4v) is 3.86. The molecule has 1 aromatic carbocycles. The maximum Gasteiger partial charge on any atom is 0.157 e. The highest BCUT2D eigenvalue weighted by Gasteiger charge is 2.25. The van der Waals surface area contributed by atoms with Gasteiger partial charge in [-0.25, -0.2) is 0 Å². The summed E-state index contributed by atoms with van der Waals surface area (Å²) in [5.41, 5.74) is 2.28. The van der Waals surface area contributed by atoms with Crippen molar-refractivity contribution in [2.75, 3.05) is 20.1 Å². The first-order chi connectivity index (χ1) is 9.54. The van der Waals surface area contributed by atoms with Crippen molar-refractivity contribution in [2.24, 2.45) is 0 Å². The lowest BCUT2D eigenvalue weighted by Crippen LogP contribution is -2.23. The molecule has 4 heteroatoms. The molecule has 2 N–H and O–H groups in total. The van der Waals surface area contributed by atoms with E-state index in [1.165, 1.54) is 9.75 Å². The number of phenols is 2. The van der Waals surface area contributed by atoms with E-state index < -0.39 is 0 Å². The van der Waals surface area contributed by atoms with Crippen molar-refractivity contribution in [3.63, 3.8) is 0 Å². The molecule has 0 saturated carbocycles. The second kappa shape index (κ2) is 5.11. The highest BCUT2D eigenvalue weighted by atomic mass is 32.1. The van der Waals surface area contributed by atoms with Gasteiger partial charge in [0.1, 0.15) is 0 Å². The lowest BCUT2D eigenvalue weighted by Gasteiger charge is -2.20. The zero-order valence-electron chi connectivity index (χ0n) is 11.8. The van der Waals surface area contributed by atoms with Crippen molar-refractivity contribution < 1.29 is 10.2 Å². The lowest BCUT2D eigenvalue weighted by molar-refractivity contribution is 0.339. The first-order valence-electron chi connectivity index (χ1n) is 6.84. The molecule has 0 amide bonds. The maximum atomic E-state index is 9.84. The van der Waals surface area contributed by atoms with E-state index in [0.717, 1.165) is 30.6 Å². The predicted octanol–water partition coefficient (Wildman–Crippen LogP) is 3.09. The quantitative estimate of drug-likeness (QED) is 0.793. The number of aryl methyl sites for hydroxylation is 1. The van der Waals surface area contributed by atoms with Crippen molar-refractivity contribution in [3.05, 3.63) is 45.1 Å². The summed E-state index contributed by atoms with van der Waals surface area (Å²) in [6.45, 7) is 4.03. The van der Waals surface area contributed by atoms with Gasteiger partial charge in [-0.2, -0.15) is 0 Å². The maximum absolute atomic E-state index is 9.84. The van der Waals surface area contributed by atoms with Crippen LogP contribution in [0.4, 0.5) is 0 Å². The number of rotatable bonds is 1. The van der Waals surface area contributed by atoms with Gasteiger partial charge in [-0.05, 0) is 55.8 Å². The third-order valence-corrected chi connectivity index (χ3v) is 5.09. The molecule has 0 aliphatic carbocycles. The molecule has 1 aromatic heterocycles. The summed E-state index contributed by atoms with van der Waals surface area (Å²) < 4.78 is 0. The number of benzene rings is 1. The van der Waals surface area contributed by atoms with Crippen LogP contribution in [0.15, 0.2) is 24.3 Å². The fourth-order valence-electron chi connectivity index (χ4n) is 2.87. The van der Waals surface area contributed by atoms with Crippen LogP contribution in [0.5, 0.6) is 11.5 Å². The second-order valence-corrected chi connectivity index (χ2v) is 6.87. The van der Waals surface area contributed by atoms with Gasteiger partial charge in [0.2, 0.25) is 0 Å². The van der Waals surface area contributed by atoms with E-state index in [1.807, 2.05) is 11.3 Å². The van der Waals surface area contributed by atoms with Crippen molar-refractivity contribution >= 4 is 11.3 Å². The van der Waals surface area contributed by atoms with E-state index in [0.29, 0.717) is 0 Å². The summed E-state index contributed by atoms with van der Waals surface area (Å²) >= 11 is 1.81. The monoisotopic (exact) mass is 289 g/mol. The van der Waals surface area contributed by atoms with Crippen molar-refractivity contribution in [1.82, 2.24) is 4.90 Å². The SMILES string of the molecule is Cc1ccc(C2CN(C)CCc3cc(O)c(O)cc32)s1. The Morgan fingerprint density at radius 1 is 1.20 bits per heavy atom. The van der Waals surface area contributed by atoms with Crippen LogP contribution >= 0.6 is 11.3 Å². The Hall–Kier alpha value is -1.52. The number of aromatic hydroxyl groups is 2. The van der Waals surface area contributed by atoms with Crippen LogP contribution in [0.2, 0.25) is 0 Å². The third kappa shape index (κ3) is 2.41. The molecule has 0 fully saturated rings. The molecule has 0 radical (unpaired) electrons. The van der Waals surface area contributed by atoms with Gasteiger partial charge in [0.05, 0.1) is 0 Å². The Labute approximate surface area is 123 Å². The normalized spacial score (nSPS) is 19.6. The molecule has 3 nitrogen and oxygen atoms in total. The topological polar surface area (TPSA) is 43.7 Å². The number of thiophene rings is 1. The van der Waals surface area contributed by atoms with E-state index in [2.05, 4.69) is 31.0 Å². The van der Waals surface area contributed by atoms with Crippen LogP contribution in [-0.4, -0.2) is 35.3 Å². The van der Waals surface area contributed by atoms with Gasteiger partial charge in [0.25, 0.3) is 0 Å². The first-order valence-corrected chi connectivity index (χ1v) is 7.66.